The molecule has 0 radical (unpaired) electrons. The molecule has 0 spiro atoms. The third-order valence-corrected chi connectivity index (χ3v) is 5.09. The second kappa shape index (κ2) is 10.6. The molecule has 2 aliphatic heterocycles. The van der Waals surface area contributed by atoms with E-state index in [1.54, 1.807) is 4.90 Å². The summed E-state index contributed by atoms with van der Waals surface area (Å²) < 4.78 is 5.08. The van der Waals surface area contributed by atoms with Crippen LogP contribution < -0.4 is 5.32 Å². The van der Waals surface area contributed by atoms with Crippen LogP contribution in [0.15, 0.2) is 4.99 Å². The molecule has 150 valence electrons. The fourth-order valence-corrected chi connectivity index (χ4v) is 3.45. The summed E-state index contributed by atoms with van der Waals surface area (Å²) in [6.07, 6.45) is -0.212. The van der Waals surface area contributed by atoms with E-state index in [0.29, 0.717) is 25.6 Å². The van der Waals surface area contributed by atoms with Crippen LogP contribution in [0.1, 0.15) is 13.8 Å². The molecule has 0 aromatic heterocycles. The summed E-state index contributed by atoms with van der Waals surface area (Å²) in [5.41, 5.74) is 0. The van der Waals surface area contributed by atoms with E-state index < -0.39 is 0 Å². The third kappa shape index (κ3) is 6.32. The van der Waals surface area contributed by atoms with Gasteiger partial charge in [0.15, 0.2) is 5.96 Å². The van der Waals surface area contributed by atoms with Gasteiger partial charge in [0.25, 0.3) is 0 Å². The predicted octanol–water partition coefficient (Wildman–Crippen LogP) is 0.219. The van der Waals surface area contributed by atoms with Crippen molar-refractivity contribution in [3.8, 4) is 0 Å². The number of hydrogen-bond donors (Lipinski definition) is 1. The number of ether oxygens (including phenoxy) is 1. The molecule has 0 saturated carbocycles. The molecule has 8 nitrogen and oxygen atoms in total. The molecule has 26 heavy (non-hydrogen) atoms. The molecular weight excluding hydrogens is 332 g/mol. The highest BCUT2D eigenvalue weighted by atomic mass is 16.6. The standard InChI is InChI=1S/C18H36N6O2/c1-5-26-18(25)24-12-10-23(11-13-24)17(19-3)20-14-16(2)15-22-8-6-21(4)7-9-22/h16H,5-15H2,1-4H3,(H,19,20). The summed E-state index contributed by atoms with van der Waals surface area (Å²) in [5, 5.41) is 3.51. The molecule has 0 aromatic rings. The van der Waals surface area contributed by atoms with Gasteiger partial charge in [0.05, 0.1) is 6.61 Å². The van der Waals surface area contributed by atoms with Crippen molar-refractivity contribution in [3.63, 3.8) is 0 Å². The van der Waals surface area contributed by atoms with Crippen LogP contribution in [-0.2, 0) is 4.74 Å². The number of hydrogen-bond acceptors (Lipinski definition) is 5. The molecule has 2 aliphatic rings. The minimum Gasteiger partial charge on any atom is -0.450 e. The zero-order valence-electron chi connectivity index (χ0n) is 16.9. The largest absolute Gasteiger partial charge is 0.450 e. The summed E-state index contributed by atoms with van der Waals surface area (Å²) in [4.78, 5) is 25.1. The smallest absolute Gasteiger partial charge is 0.409 e. The normalized spacial score (nSPS) is 21.6. The number of nitrogens with zero attached hydrogens (tertiary/aromatic N) is 5. The minimum atomic E-state index is -0.212. The SMILES string of the molecule is CCOC(=O)N1CCN(C(=NC)NCC(C)CN2CCN(C)CC2)CC1. The summed E-state index contributed by atoms with van der Waals surface area (Å²) >= 11 is 0. The zero-order chi connectivity index (χ0) is 18.9. The van der Waals surface area contributed by atoms with Crippen LogP contribution in [0.25, 0.3) is 0 Å². The molecule has 2 saturated heterocycles. The van der Waals surface area contributed by atoms with Crippen LogP contribution in [0.2, 0.25) is 0 Å². The van der Waals surface area contributed by atoms with E-state index in [9.17, 15) is 4.79 Å². The quantitative estimate of drug-likeness (QED) is 0.553. The second-order valence-corrected chi connectivity index (χ2v) is 7.31. The van der Waals surface area contributed by atoms with Crippen LogP contribution in [0, 0.1) is 5.92 Å². The Labute approximate surface area is 158 Å². The monoisotopic (exact) mass is 368 g/mol. The van der Waals surface area contributed by atoms with Crippen molar-refractivity contribution in [2.75, 3.05) is 86.1 Å². The average molecular weight is 369 g/mol. The lowest BCUT2D eigenvalue weighted by Gasteiger charge is -2.36. The maximum absolute atomic E-state index is 11.8. The Bertz CT molecular complexity index is 457. The van der Waals surface area contributed by atoms with Gasteiger partial charge in [-0.2, -0.15) is 0 Å². The van der Waals surface area contributed by atoms with Gasteiger partial charge < -0.3 is 29.7 Å². The van der Waals surface area contributed by atoms with Gasteiger partial charge in [-0.25, -0.2) is 4.79 Å². The Hall–Kier alpha value is -1.54. The number of carbonyl (C=O) groups excluding carboxylic acids is 1. The zero-order valence-corrected chi connectivity index (χ0v) is 16.9. The summed E-state index contributed by atoms with van der Waals surface area (Å²) in [6, 6.07) is 0. The van der Waals surface area contributed by atoms with E-state index in [4.69, 9.17) is 4.74 Å². The predicted molar refractivity (Wildman–Crippen MR) is 105 cm³/mol. The topological polar surface area (TPSA) is 63.7 Å². The molecule has 2 heterocycles. The van der Waals surface area contributed by atoms with Gasteiger partial charge in [-0.1, -0.05) is 6.92 Å². The Morgan fingerprint density at radius 3 is 2.27 bits per heavy atom. The average Bonchev–Trinajstić information content (AvgIpc) is 2.65. The van der Waals surface area contributed by atoms with Crippen LogP contribution in [0.3, 0.4) is 0 Å². The fraction of sp³-hybridized carbons (Fsp3) is 0.889. The number of nitrogens with one attached hydrogen (secondary N) is 1. The highest BCUT2D eigenvalue weighted by Gasteiger charge is 2.24. The van der Waals surface area contributed by atoms with Crippen LogP contribution in [-0.4, -0.2) is 118 Å². The molecule has 2 fully saturated rings. The Kier molecular flexibility index (Phi) is 8.44. The van der Waals surface area contributed by atoms with Crippen LogP contribution >= 0.6 is 0 Å². The van der Waals surface area contributed by atoms with Crippen molar-refractivity contribution < 1.29 is 9.53 Å². The van der Waals surface area contributed by atoms with Gasteiger partial charge in [-0.05, 0) is 19.9 Å². The molecule has 1 unspecified atom stereocenters. The Morgan fingerprint density at radius 1 is 1.08 bits per heavy atom. The maximum Gasteiger partial charge on any atom is 0.409 e. The molecular formula is C18H36N6O2. The number of amides is 1. The van der Waals surface area contributed by atoms with Crippen LogP contribution in [0.5, 0.6) is 0 Å². The first-order valence-corrected chi connectivity index (χ1v) is 9.81. The number of likely N-dealkylation sites (N-methyl/N-ethyl adjacent to an activating group) is 1. The number of guanidine groups is 1. The van der Waals surface area contributed by atoms with E-state index in [-0.39, 0.29) is 6.09 Å². The molecule has 8 heteroatoms. The van der Waals surface area contributed by atoms with Gasteiger partial charge in [0, 0.05) is 72.5 Å². The summed E-state index contributed by atoms with van der Waals surface area (Å²) in [7, 11) is 4.01. The van der Waals surface area contributed by atoms with Crippen molar-refractivity contribution in [1.29, 1.82) is 0 Å². The van der Waals surface area contributed by atoms with E-state index in [1.807, 2.05) is 14.0 Å². The maximum atomic E-state index is 11.8. The summed E-state index contributed by atoms with van der Waals surface area (Å²) in [6.45, 7) is 14.1. The van der Waals surface area contributed by atoms with Gasteiger partial charge in [-0.15, -0.1) is 0 Å². The number of carbonyl (C=O) groups is 1. The van der Waals surface area contributed by atoms with Crippen molar-refractivity contribution >= 4 is 12.1 Å². The van der Waals surface area contributed by atoms with Gasteiger partial charge >= 0.3 is 6.09 Å². The van der Waals surface area contributed by atoms with Crippen molar-refractivity contribution in [3.05, 3.63) is 0 Å². The molecule has 0 bridgehead atoms. The lowest BCUT2D eigenvalue weighted by molar-refractivity contribution is 0.0913. The van der Waals surface area contributed by atoms with Gasteiger partial charge in [0.1, 0.15) is 0 Å². The van der Waals surface area contributed by atoms with Gasteiger partial charge in [-0.3, -0.25) is 4.99 Å². The van der Waals surface area contributed by atoms with Crippen molar-refractivity contribution in [2.24, 2.45) is 10.9 Å². The molecule has 1 amide bonds. The van der Waals surface area contributed by atoms with E-state index in [1.165, 1.54) is 0 Å². The Balaban J connectivity index is 1.70. The first-order valence-electron chi connectivity index (χ1n) is 9.81. The first kappa shape index (κ1) is 20.8. The van der Waals surface area contributed by atoms with Crippen molar-refractivity contribution in [2.45, 2.75) is 13.8 Å². The molecule has 1 N–H and O–H groups in total. The Morgan fingerprint density at radius 2 is 1.69 bits per heavy atom. The lowest BCUT2D eigenvalue weighted by Crippen LogP contribution is -2.54. The van der Waals surface area contributed by atoms with Crippen LogP contribution in [0.4, 0.5) is 4.79 Å². The number of piperazine rings is 2. The molecule has 1 atom stereocenters. The number of aliphatic imine (C=N–C) groups is 1. The summed E-state index contributed by atoms with van der Waals surface area (Å²) in [5.74, 6) is 1.50. The number of rotatable bonds is 5. The fourth-order valence-electron chi connectivity index (χ4n) is 3.45. The highest BCUT2D eigenvalue weighted by molar-refractivity contribution is 5.80. The second-order valence-electron chi connectivity index (χ2n) is 7.31. The minimum absolute atomic E-state index is 0.212. The van der Waals surface area contributed by atoms with E-state index in [0.717, 1.165) is 58.3 Å². The van der Waals surface area contributed by atoms with E-state index in [2.05, 4.69) is 39.0 Å². The molecule has 2 rings (SSSR count). The lowest BCUT2D eigenvalue weighted by atomic mass is 10.1. The van der Waals surface area contributed by atoms with E-state index >= 15 is 0 Å². The first-order chi connectivity index (χ1) is 12.5. The molecule has 0 aromatic carbocycles. The highest BCUT2D eigenvalue weighted by Crippen LogP contribution is 2.06. The van der Waals surface area contributed by atoms with Crippen molar-refractivity contribution in [1.82, 2.24) is 24.9 Å². The molecule has 0 aliphatic carbocycles. The third-order valence-electron chi connectivity index (χ3n) is 5.09. The van der Waals surface area contributed by atoms with Gasteiger partial charge in [0.2, 0.25) is 0 Å².